The Kier molecular flexibility index (Phi) is 7.64. The monoisotopic (exact) mass is 385 g/mol. The van der Waals surface area contributed by atoms with Gasteiger partial charge in [0.25, 0.3) is 5.69 Å². The highest BCUT2D eigenvalue weighted by Gasteiger charge is 2.10. The zero-order chi connectivity index (χ0) is 20.4. The number of nitro groups is 1. The highest BCUT2D eigenvalue weighted by atomic mass is 16.6. The number of rotatable bonds is 9. The summed E-state index contributed by atoms with van der Waals surface area (Å²) in [6, 6.07) is 14.7. The first-order valence-electron chi connectivity index (χ1n) is 8.40. The molecule has 2 amide bonds. The molecule has 0 fully saturated rings. The third-order valence-corrected chi connectivity index (χ3v) is 3.63. The average Bonchev–Trinajstić information content (AvgIpc) is 2.70. The number of non-ortho nitro benzene ring substituents is 1. The van der Waals surface area contributed by atoms with Gasteiger partial charge in [0.1, 0.15) is 13.2 Å². The molecule has 0 radical (unpaired) electrons. The topological polar surface area (TPSA) is 128 Å². The normalized spacial score (nSPS) is 10.0. The zero-order valence-electron chi connectivity index (χ0n) is 14.9. The van der Waals surface area contributed by atoms with E-state index >= 15 is 0 Å². The van der Waals surface area contributed by atoms with Crippen molar-refractivity contribution in [3.05, 3.63) is 75.8 Å². The van der Waals surface area contributed by atoms with Crippen LogP contribution in [-0.2, 0) is 32.1 Å². The molecule has 9 nitrogen and oxygen atoms in total. The van der Waals surface area contributed by atoms with Gasteiger partial charge in [-0.05, 0) is 23.3 Å². The van der Waals surface area contributed by atoms with E-state index in [-0.39, 0.29) is 37.7 Å². The van der Waals surface area contributed by atoms with Crippen molar-refractivity contribution in [2.45, 2.75) is 13.0 Å². The number of nitro benzene ring substituents is 1. The molecule has 28 heavy (non-hydrogen) atoms. The van der Waals surface area contributed by atoms with Crippen LogP contribution in [0, 0.1) is 10.1 Å². The molecule has 0 bridgehead atoms. The Bertz CT molecular complexity index is 837. The summed E-state index contributed by atoms with van der Waals surface area (Å²) < 4.78 is 4.97. The Labute approximate surface area is 160 Å². The summed E-state index contributed by atoms with van der Waals surface area (Å²) in [5.74, 6) is -1.49. The molecule has 0 saturated carbocycles. The molecule has 0 unspecified atom stereocenters. The second-order valence-electron chi connectivity index (χ2n) is 5.80. The minimum atomic E-state index is -0.665. The van der Waals surface area contributed by atoms with Gasteiger partial charge in [-0.3, -0.25) is 24.5 Å². The van der Waals surface area contributed by atoms with Crippen LogP contribution in [0.25, 0.3) is 0 Å². The van der Waals surface area contributed by atoms with Gasteiger partial charge in [0.05, 0.1) is 17.9 Å². The van der Waals surface area contributed by atoms with Crippen molar-refractivity contribution in [3.8, 4) is 0 Å². The van der Waals surface area contributed by atoms with Gasteiger partial charge in [-0.15, -0.1) is 0 Å². The molecule has 0 atom stereocenters. The largest absolute Gasteiger partial charge is 0.460 e. The van der Waals surface area contributed by atoms with Gasteiger partial charge in [-0.2, -0.15) is 0 Å². The first-order valence-corrected chi connectivity index (χ1v) is 8.40. The standard InChI is InChI=1S/C19H19N3O6/c23-17(10-14-4-2-1-3-5-14)20-11-18(24)21-12-19(25)28-13-15-6-8-16(9-7-15)22(26)27/h1-9H,10-13H2,(H,20,23)(H,21,24). The summed E-state index contributed by atoms with van der Waals surface area (Å²) in [6.45, 7) is -0.665. The predicted octanol–water partition coefficient (Wildman–Crippen LogP) is 1.11. The number of hydrogen-bond acceptors (Lipinski definition) is 6. The molecular formula is C19H19N3O6. The molecule has 2 aromatic carbocycles. The number of carbonyl (C=O) groups is 3. The van der Waals surface area contributed by atoms with E-state index in [1.807, 2.05) is 18.2 Å². The highest BCUT2D eigenvalue weighted by molar-refractivity contribution is 5.87. The molecular weight excluding hydrogens is 366 g/mol. The van der Waals surface area contributed by atoms with Crippen molar-refractivity contribution in [1.82, 2.24) is 10.6 Å². The minimum Gasteiger partial charge on any atom is -0.460 e. The second kappa shape index (κ2) is 10.4. The lowest BCUT2D eigenvalue weighted by Gasteiger charge is -2.08. The number of benzene rings is 2. The number of nitrogens with one attached hydrogen (secondary N) is 2. The predicted molar refractivity (Wildman–Crippen MR) is 99.1 cm³/mol. The van der Waals surface area contributed by atoms with Gasteiger partial charge in [-0.25, -0.2) is 0 Å². The number of amides is 2. The van der Waals surface area contributed by atoms with Crippen LogP contribution in [0.1, 0.15) is 11.1 Å². The van der Waals surface area contributed by atoms with Crippen LogP contribution in [0.5, 0.6) is 0 Å². The SMILES string of the molecule is O=C(CNC(=O)Cc1ccccc1)NCC(=O)OCc1ccc([N+](=O)[O-])cc1. The number of nitrogens with zero attached hydrogens (tertiary/aromatic N) is 1. The van der Waals surface area contributed by atoms with Gasteiger partial charge in [0.15, 0.2) is 0 Å². The first-order chi connectivity index (χ1) is 13.4. The maximum atomic E-state index is 11.8. The fraction of sp³-hybridized carbons (Fsp3) is 0.211. The van der Waals surface area contributed by atoms with E-state index in [1.165, 1.54) is 24.3 Å². The molecule has 0 aliphatic rings. The first kappa shape index (κ1) is 20.6. The van der Waals surface area contributed by atoms with Crippen LogP contribution >= 0.6 is 0 Å². The fourth-order valence-corrected chi connectivity index (χ4v) is 2.18. The highest BCUT2D eigenvalue weighted by Crippen LogP contribution is 2.12. The lowest BCUT2D eigenvalue weighted by atomic mass is 10.1. The lowest BCUT2D eigenvalue weighted by Crippen LogP contribution is -2.39. The second-order valence-corrected chi connectivity index (χ2v) is 5.80. The molecule has 0 aliphatic heterocycles. The summed E-state index contributed by atoms with van der Waals surface area (Å²) in [5.41, 5.74) is 1.35. The van der Waals surface area contributed by atoms with Crippen molar-refractivity contribution in [3.63, 3.8) is 0 Å². The van der Waals surface area contributed by atoms with Crippen molar-refractivity contribution < 1.29 is 24.0 Å². The lowest BCUT2D eigenvalue weighted by molar-refractivity contribution is -0.384. The van der Waals surface area contributed by atoms with Gasteiger partial charge < -0.3 is 15.4 Å². The number of carbonyl (C=O) groups excluding carboxylic acids is 3. The van der Waals surface area contributed by atoms with E-state index in [9.17, 15) is 24.5 Å². The molecule has 0 heterocycles. The summed E-state index contributed by atoms with van der Waals surface area (Å²) >= 11 is 0. The van der Waals surface area contributed by atoms with Crippen molar-refractivity contribution in [2.24, 2.45) is 0 Å². The van der Waals surface area contributed by atoms with E-state index in [1.54, 1.807) is 12.1 Å². The number of hydrogen-bond donors (Lipinski definition) is 2. The summed E-state index contributed by atoms with van der Waals surface area (Å²) in [4.78, 5) is 45.1. The van der Waals surface area contributed by atoms with Crippen molar-refractivity contribution in [2.75, 3.05) is 13.1 Å². The molecule has 9 heteroatoms. The average molecular weight is 385 g/mol. The Morgan fingerprint density at radius 2 is 1.50 bits per heavy atom. The fourth-order valence-electron chi connectivity index (χ4n) is 2.18. The summed E-state index contributed by atoms with van der Waals surface area (Å²) in [7, 11) is 0. The van der Waals surface area contributed by atoms with Crippen LogP contribution in [0.2, 0.25) is 0 Å². The molecule has 2 N–H and O–H groups in total. The third kappa shape index (κ3) is 7.24. The van der Waals surface area contributed by atoms with Crippen LogP contribution < -0.4 is 10.6 Å². The number of esters is 1. The van der Waals surface area contributed by atoms with Crippen molar-refractivity contribution in [1.29, 1.82) is 0 Å². The maximum absolute atomic E-state index is 11.8. The van der Waals surface area contributed by atoms with Gasteiger partial charge in [-0.1, -0.05) is 30.3 Å². The number of ether oxygens (including phenoxy) is 1. The Morgan fingerprint density at radius 3 is 2.14 bits per heavy atom. The quantitative estimate of drug-likeness (QED) is 0.378. The van der Waals surface area contributed by atoms with Crippen LogP contribution in [0.3, 0.4) is 0 Å². The Balaban J connectivity index is 1.63. The van der Waals surface area contributed by atoms with E-state index in [4.69, 9.17) is 4.74 Å². The molecule has 2 aromatic rings. The zero-order valence-corrected chi connectivity index (χ0v) is 14.9. The van der Waals surface area contributed by atoms with E-state index in [0.717, 1.165) is 5.56 Å². The molecule has 2 rings (SSSR count). The van der Waals surface area contributed by atoms with Gasteiger partial charge in [0, 0.05) is 12.1 Å². The van der Waals surface area contributed by atoms with Gasteiger partial charge >= 0.3 is 5.97 Å². The van der Waals surface area contributed by atoms with E-state index in [0.29, 0.717) is 5.56 Å². The van der Waals surface area contributed by atoms with E-state index in [2.05, 4.69) is 10.6 Å². The molecule has 146 valence electrons. The van der Waals surface area contributed by atoms with Gasteiger partial charge in [0.2, 0.25) is 11.8 Å². The van der Waals surface area contributed by atoms with Crippen LogP contribution in [0.4, 0.5) is 5.69 Å². The Hall–Kier alpha value is -3.75. The third-order valence-electron chi connectivity index (χ3n) is 3.63. The van der Waals surface area contributed by atoms with Crippen LogP contribution in [-0.4, -0.2) is 35.8 Å². The summed E-state index contributed by atoms with van der Waals surface area (Å²) in [5, 5.41) is 15.4. The van der Waals surface area contributed by atoms with Crippen molar-refractivity contribution >= 4 is 23.5 Å². The summed E-state index contributed by atoms with van der Waals surface area (Å²) in [6.07, 6.45) is 0.158. The Morgan fingerprint density at radius 1 is 0.857 bits per heavy atom. The molecule has 0 aromatic heterocycles. The molecule has 0 spiro atoms. The molecule has 0 aliphatic carbocycles. The van der Waals surface area contributed by atoms with Crippen LogP contribution in [0.15, 0.2) is 54.6 Å². The smallest absolute Gasteiger partial charge is 0.325 e. The van der Waals surface area contributed by atoms with E-state index < -0.39 is 16.8 Å². The maximum Gasteiger partial charge on any atom is 0.325 e. The minimum absolute atomic E-state index is 0.0587. The molecule has 0 saturated heterocycles.